The highest BCUT2D eigenvalue weighted by atomic mass is 32.2. The third kappa shape index (κ3) is 4.39. The Morgan fingerprint density at radius 3 is 2.45 bits per heavy atom. The molecule has 6 nitrogen and oxygen atoms in total. The van der Waals surface area contributed by atoms with E-state index in [1.54, 1.807) is 12.1 Å². The van der Waals surface area contributed by atoms with E-state index < -0.39 is 10.0 Å². The minimum Gasteiger partial charge on any atom is -0.370 e. The van der Waals surface area contributed by atoms with Gasteiger partial charge < -0.3 is 4.90 Å². The van der Waals surface area contributed by atoms with Gasteiger partial charge in [0.15, 0.2) is 0 Å². The number of rotatable bonds is 6. The molecule has 33 heavy (non-hydrogen) atoms. The van der Waals surface area contributed by atoms with Crippen LogP contribution in [0.1, 0.15) is 24.1 Å². The molecule has 0 atom stereocenters. The van der Waals surface area contributed by atoms with Crippen molar-refractivity contribution >= 4 is 57.8 Å². The SMILES string of the molecule is Bc1ccccc1S(=O)(=O)Nc1cc2c(/C=C/c3ccccc3)n[nH]c2cc1N1CCCC1. The molecule has 5 rings (SSSR count). The molecule has 1 aliphatic rings. The Balaban J connectivity index is 1.58. The van der Waals surface area contributed by atoms with Crippen molar-refractivity contribution in [3.63, 3.8) is 0 Å². The van der Waals surface area contributed by atoms with Crippen LogP contribution < -0.4 is 15.1 Å². The number of aromatic amines is 1. The molecule has 3 aromatic carbocycles. The van der Waals surface area contributed by atoms with Gasteiger partial charge in [0, 0.05) is 18.5 Å². The van der Waals surface area contributed by atoms with E-state index in [9.17, 15) is 8.42 Å². The number of benzene rings is 3. The van der Waals surface area contributed by atoms with Crippen molar-refractivity contribution in [2.45, 2.75) is 17.7 Å². The largest absolute Gasteiger partial charge is 0.370 e. The van der Waals surface area contributed by atoms with Gasteiger partial charge in [-0.1, -0.05) is 60.1 Å². The average molecular weight is 456 g/mol. The summed E-state index contributed by atoms with van der Waals surface area (Å²) in [6.45, 7) is 1.80. The predicted octanol–water partition coefficient (Wildman–Crippen LogP) is 3.39. The minimum absolute atomic E-state index is 0.286. The standard InChI is InChI=1S/C25H25BN4O2S/c26-20-10-4-5-11-25(20)33(31,32)29-23-16-19-21(13-12-18-8-2-1-3-9-18)27-28-22(19)17-24(23)30-14-6-7-15-30/h1-5,8-13,16-17,29H,6-7,14-15,26H2,(H,27,28)/b13-12+. The summed E-state index contributed by atoms with van der Waals surface area (Å²) in [7, 11) is -1.93. The molecular weight excluding hydrogens is 431 g/mol. The Labute approximate surface area is 194 Å². The molecule has 8 heteroatoms. The van der Waals surface area contributed by atoms with Crippen molar-refractivity contribution in [3.8, 4) is 0 Å². The van der Waals surface area contributed by atoms with Crippen LogP contribution in [0.4, 0.5) is 11.4 Å². The van der Waals surface area contributed by atoms with Crippen LogP contribution in [0.2, 0.25) is 0 Å². The van der Waals surface area contributed by atoms with E-state index in [1.165, 1.54) is 0 Å². The molecular formula is C25H25BN4O2S. The number of sulfonamides is 1. The van der Waals surface area contributed by atoms with Crippen molar-refractivity contribution in [1.29, 1.82) is 0 Å². The van der Waals surface area contributed by atoms with E-state index in [2.05, 4.69) is 19.8 Å². The number of anilines is 2. The van der Waals surface area contributed by atoms with Crippen LogP contribution in [0.25, 0.3) is 23.1 Å². The Morgan fingerprint density at radius 2 is 1.70 bits per heavy atom. The van der Waals surface area contributed by atoms with Gasteiger partial charge in [0.2, 0.25) is 0 Å². The summed E-state index contributed by atoms with van der Waals surface area (Å²) >= 11 is 0. The maximum atomic E-state index is 13.3. The first-order chi connectivity index (χ1) is 16.0. The van der Waals surface area contributed by atoms with E-state index in [0.717, 1.165) is 53.8 Å². The molecule has 4 aromatic rings. The van der Waals surface area contributed by atoms with E-state index >= 15 is 0 Å². The average Bonchev–Trinajstić information content (AvgIpc) is 3.48. The first kappa shape index (κ1) is 21.3. The van der Waals surface area contributed by atoms with Crippen LogP contribution >= 0.6 is 0 Å². The maximum absolute atomic E-state index is 13.3. The highest BCUT2D eigenvalue weighted by molar-refractivity contribution is 7.93. The third-order valence-corrected chi connectivity index (χ3v) is 7.54. The van der Waals surface area contributed by atoms with E-state index in [-0.39, 0.29) is 4.90 Å². The zero-order valence-electron chi connectivity index (χ0n) is 18.5. The smallest absolute Gasteiger partial charge is 0.261 e. The lowest BCUT2D eigenvalue weighted by Gasteiger charge is -2.22. The molecule has 0 saturated carbocycles. The molecule has 0 spiro atoms. The number of nitrogens with one attached hydrogen (secondary N) is 2. The first-order valence-electron chi connectivity index (χ1n) is 11.1. The summed E-state index contributed by atoms with van der Waals surface area (Å²) in [4.78, 5) is 2.52. The van der Waals surface area contributed by atoms with Crippen molar-refractivity contribution < 1.29 is 8.42 Å². The molecule has 1 saturated heterocycles. The van der Waals surface area contributed by atoms with Gasteiger partial charge in [0.25, 0.3) is 10.0 Å². The molecule has 0 amide bonds. The predicted molar refractivity (Wildman–Crippen MR) is 138 cm³/mol. The molecule has 0 bridgehead atoms. The van der Waals surface area contributed by atoms with Crippen molar-refractivity contribution in [1.82, 2.24) is 10.2 Å². The molecule has 166 valence electrons. The molecule has 1 aromatic heterocycles. The van der Waals surface area contributed by atoms with Crippen LogP contribution in [0.15, 0.2) is 71.6 Å². The third-order valence-electron chi connectivity index (χ3n) is 6.02. The van der Waals surface area contributed by atoms with Crippen LogP contribution in [-0.2, 0) is 10.0 Å². The normalized spacial score (nSPS) is 14.4. The number of nitrogens with zero attached hydrogens (tertiary/aromatic N) is 2. The molecule has 1 aliphatic heterocycles. The maximum Gasteiger partial charge on any atom is 0.261 e. The van der Waals surface area contributed by atoms with E-state index in [1.807, 2.05) is 74.6 Å². The van der Waals surface area contributed by atoms with Gasteiger partial charge in [0.05, 0.1) is 27.5 Å². The van der Waals surface area contributed by atoms with Gasteiger partial charge in [-0.15, -0.1) is 0 Å². The van der Waals surface area contributed by atoms with Gasteiger partial charge in [-0.3, -0.25) is 9.82 Å². The van der Waals surface area contributed by atoms with E-state index in [0.29, 0.717) is 11.2 Å². The van der Waals surface area contributed by atoms with Crippen molar-refractivity contribution in [2.75, 3.05) is 22.7 Å². The zero-order valence-corrected chi connectivity index (χ0v) is 19.3. The van der Waals surface area contributed by atoms with Crippen molar-refractivity contribution in [3.05, 3.63) is 78.0 Å². The lowest BCUT2D eigenvalue weighted by Crippen LogP contribution is -2.24. The molecule has 0 aliphatic carbocycles. The Hall–Kier alpha value is -3.52. The number of H-pyrrole nitrogens is 1. The molecule has 0 unspecified atom stereocenters. The lowest BCUT2D eigenvalue weighted by molar-refractivity contribution is 0.602. The monoisotopic (exact) mass is 456 g/mol. The van der Waals surface area contributed by atoms with Gasteiger partial charge in [-0.25, -0.2) is 8.42 Å². The topological polar surface area (TPSA) is 78.1 Å². The number of aromatic nitrogens is 2. The lowest BCUT2D eigenvalue weighted by atomic mass is 9.97. The van der Waals surface area contributed by atoms with E-state index in [4.69, 9.17) is 0 Å². The second kappa shape index (κ2) is 8.79. The number of fused-ring (bicyclic) bond motifs is 1. The van der Waals surface area contributed by atoms with Gasteiger partial charge in [-0.2, -0.15) is 5.10 Å². The van der Waals surface area contributed by atoms with Gasteiger partial charge in [-0.05, 0) is 42.7 Å². The second-order valence-corrected chi connectivity index (χ2v) is 9.98. The summed E-state index contributed by atoms with van der Waals surface area (Å²) in [5.74, 6) is 0. The van der Waals surface area contributed by atoms with Gasteiger partial charge >= 0.3 is 0 Å². The summed E-state index contributed by atoms with van der Waals surface area (Å²) in [5.41, 5.74) is 4.87. The summed E-state index contributed by atoms with van der Waals surface area (Å²) in [5, 5.41) is 8.46. The summed E-state index contributed by atoms with van der Waals surface area (Å²) < 4.78 is 29.5. The fraction of sp³-hybridized carbons (Fsp3) is 0.160. The first-order valence-corrected chi connectivity index (χ1v) is 12.6. The Bertz CT molecular complexity index is 1430. The Morgan fingerprint density at radius 1 is 0.970 bits per heavy atom. The second-order valence-electron chi connectivity index (χ2n) is 8.33. The summed E-state index contributed by atoms with van der Waals surface area (Å²) in [6, 6.07) is 20.9. The minimum atomic E-state index is -3.74. The zero-order chi connectivity index (χ0) is 22.8. The number of hydrogen-bond acceptors (Lipinski definition) is 4. The molecule has 2 heterocycles. The fourth-order valence-electron chi connectivity index (χ4n) is 4.30. The quantitative estimate of drug-likeness (QED) is 0.436. The van der Waals surface area contributed by atoms with Crippen LogP contribution in [0, 0.1) is 0 Å². The van der Waals surface area contributed by atoms with Crippen LogP contribution in [0.5, 0.6) is 0 Å². The molecule has 1 fully saturated rings. The van der Waals surface area contributed by atoms with Crippen LogP contribution in [0.3, 0.4) is 0 Å². The fourth-order valence-corrected chi connectivity index (χ4v) is 5.61. The highest BCUT2D eigenvalue weighted by Gasteiger charge is 2.23. The van der Waals surface area contributed by atoms with Crippen molar-refractivity contribution in [2.24, 2.45) is 0 Å². The van der Waals surface area contributed by atoms with Gasteiger partial charge in [0.1, 0.15) is 7.85 Å². The number of hydrogen-bond donors (Lipinski definition) is 2. The summed E-state index contributed by atoms with van der Waals surface area (Å²) in [6.07, 6.45) is 6.14. The Kier molecular flexibility index (Phi) is 5.68. The molecule has 0 radical (unpaired) electrons. The van der Waals surface area contributed by atoms with Crippen LogP contribution in [-0.4, -0.2) is 39.6 Å². The molecule has 2 N–H and O–H groups in total. The highest BCUT2D eigenvalue weighted by Crippen LogP contribution is 2.35.